The fourth-order valence-corrected chi connectivity index (χ4v) is 3.13. The van der Waals surface area contributed by atoms with Crippen LogP contribution in [0.4, 0.5) is 8.78 Å². The van der Waals surface area contributed by atoms with E-state index in [1.54, 1.807) is 0 Å². The van der Waals surface area contributed by atoms with Gasteiger partial charge in [-0.3, -0.25) is 4.90 Å². The second-order valence-corrected chi connectivity index (χ2v) is 5.32. The highest BCUT2D eigenvalue weighted by Gasteiger charge is 2.51. The van der Waals surface area contributed by atoms with Crippen LogP contribution in [0, 0.1) is 0 Å². The van der Waals surface area contributed by atoms with E-state index in [4.69, 9.17) is 4.74 Å². The molecule has 0 unspecified atom stereocenters. The number of alkyl halides is 2. The van der Waals surface area contributed by atoms with Crippen molar-refractivity contribution in [3.05, 3.63) is 0 Å². The van der Waals surface area contributed by atoms with Gasteiger partial charge in [-0.15, -0.1) is 0 Å². The smallest absolute Gasteiger partial charge is 0.253 e. The van der Waals surface area contributed by atoms with Gasteiger partial charge in [-0.1, -0.05) is 0 Å². The largest absolute Gasteiger partial charge is 0.377 e. The van der Waals surface area contributed by atoms with Crippen LogP contribution in [0.2, 0.25) is 0 Å². The highest BCUT2D eigenvalue weighted by molar-refractivity contribution is 5.05. The van der Waals surface area contributed by atoms with E-state index in [1.807, 2.05) is 18.7 Å². The number of hydrogen-bond donors (Lipinski definition) is 0. The fraction of sp³-hybridized carbons (Fsp3) is 1.00. The van der Waals surface area contributed by atoms with Gasteiger partial charge in [0.2, 0.25) is 0 Å². The number of rotatable bonds is 4. The molecule has 2 heterocycles. The Morgan fingerprint density at radius 2 is 2.12 bits per heavy atom. The predicted molar refractivity (Wildman–Crippen MR) is 58.8 cm³/mol. The SMILES string of the molecule is CC(C)OC[C@]12CCCN1[C@@H](C(F)F)CC2. The maximum Gasteiger partial charge on any atom is 0.253 e. The van der Waals surface area contributed by atoms with Gasteiger partial charge >= 0.3 is 0 Å². The van der Waals surface area contributed by atoms with Gasteiger partial charge in [0.05, 0.1) is 18.8 Å². The summed E-state index contributed by atoms with van der Waals surface area (Å²) in [4.78, 5) is 2.01. The van der Waals surface area contributed by atoms with Crippen LogP contribution < -0.4 is 0 Å². The Hall–Kier alpha value is -0.220. The summed E-state index contributed by atoms with van der Waals surface area (Å²) < 4.78 is 31.4. The average Bonchev–Trinajstić information content (AvgIpc) is 2.71. The fourth-order valence-electron chi connectivity index (χ4n) is 3.13. The maximum atomic E-state index is 12.9. The second-order valence-electron chi connectivity index (χ2n) is 5.32. The van der Waals surface area contributed by atoms with E-state index in [0.29, 0.717) is 13.0 Å². The number of nitrogens with zero attached hydrogens (tertiary/aromatic N) is 1. The van der Waals surface area contributed by atoms with Gasteiger partial charge in [0.15, 0.2) is 0 Å². The summed E-state index contributed by atoms with van der Waals surface area (Å²) in [6, 6.07) is -0.529. The molecule has 2 rings (SSSR count). The topological polar surface area (TPSA) is 12.5 Å². The maximum absolute atomic E-state index is 12.9. The van der Waals surface area contributed by atoms with Gasteiger partial charge in [0.1, 0.15) is 0 Å². The van der Waals surface area contributed by atoms with Crippen molar-refractivity contribution in [2.24, 2.45) is 0 Å². The first-order valence-corrected chi connectivity index (χ1v) is 6.22. The molecule has 2 atom stereocenters. The van der Waals surface area contributed by atoms with E-state index in [0.717, 1.165) is 25.8 Å². The molecule has 0 aromatic rings. The average molecular weight is 233 g/mol. The first kappa shape index (κ1) is 12.2. The molecule has 0 saturated carbocycles. The van der Waals surface area contributed by atoms with Crippen molar-refractivity contribution in [1.29, 1.82) is 0 Å². The zero-order valence-electron chi connectivity index (χ0n) is 10.1. The molecule has 0 spiro atoms. The van der Waals surface area contributed by atoms with Crippen molar-refractivity contribution >= 4 is 0 Å². The molecule has 0 aromatic carbocycles. The van der Waals surface area contributed by atoms with Gasteiger partial charge in [0, 0.05) is 5.54 Å². The summed E-state index contributed by atoms with van der Waals surface area (Å²) in [6.45, 7) is 5.43. The molecular formula is C12H21F2NO. The van der Waals surface area contributed by atoms with Crippen molar-refractivity contribution in [2.75, 3.05) is 13.2 Å². The number of ether oxygens (including phenoxy) is 1. The summed E-state index contributed by atoms with van der Waals surface area (Å²) in [5, 5.41) is 0. The van der Waals surface area contributed by atoms with Crippen molar-refractivity contribution in [3.8, 4) is 0 Å². The van der Waals surface area contributed by atoms with Gasteiger partial charge in [-0.2, -0.15) is 0 Å². The molecule has 2 nitrogen and oxygen atoms in total. The number of hydrogen-bond acceptors (Lipinski definition) is 2. The normalized spacial score (nSPS) is 35.2. The summed E-state index contributed by atoms with van der Waals surface area (Å²) in [5.41, 5.74) is -0.0780. The van der Waals surface area contributed by atoms with Crippen LogP contribution in [-0.2, 0) is 4.74 Å². The summed E-state index contributed by atoms with van der Waals surface area (Å²) in [5.74, 6) is 0. The first-order chi connectivity index (χ1) is 7.55. The van der Waals surface area contributed by atoms with Crippen LogP contribution in [0.15, 0.2) is 0 Å². The van der Waals surface area contributed by atoms with Crippen molar-refractivity contribution < 1.29 is 13.5 Å². The lowest BCUT2D eigenvalue weighted by molar-refractivity contribution is -0.0292. The Kier molecular flexibility index (Phi) is 3.50. The third kappa shape index (κ3) is 2.09. The summed E-state index contributed by atoms with van der Waals surface area (Å²) in [7, 11) is 0. The van der Waals surface area contributed by atoms with Gasteiger partial charge in [-0.05, 0) is 46.1 Å². The Bertz CT molecular complexity index is 247. The quantitative estimate of drug-likeness (QED) is 0.740. The van der Waals surface area contributed by atoms with Gasteiger partial charge < -0.3 is 4.74 Å². The van der Waals surface area contributed by atoms with Crippen molar-refractivity contribution in [3.63, 3.8) is 0 Å². The van der Waals surface area contributed by atoms with Crippen LogP contribution >= 0.6 is 0 Å². The standard InChI is InChI=1S/C12H21F2NO/c1-9(2)16-8-12-5-3-7-15(12)10(4-6-12)11(13)14/h9-11H,3-8H2,1-2H3/t10-,12-/m1/s1. The zero-order chi connectivity index (χ0) is 11.8. The Balaban J connectivity index is 2.03. The zero-order valence-corrected chi connectivity index (χ0v) is 10.1. The van der Waals surface area contributed by atoms with E-state index in [2.05, 4.69) is 0 Å². The van der Waals surface area contributed by atoms with E-state index in [9.17, 15) is 8.78 Å². The molecule has 94 valence electrons. The van der Waals surface area contributed by atoms with Crippen LogP contribution in [0.5, 0.6) is 0 Å². The highest BCUT2D eigenvalue weighted by Crippen LogP contribution is 2.44. The molecule has 16 heavy (non-hydrogen) atoms. The van der Waals surface area contributed by atoms with Crippen LogP contribution in [0.1, 0.15) is 39.5 Å². The Morgan fingerprint density at radius 3 is 2.75 bits per heavy atom. The monoisotopic (exact) mass is 233 g/mol. The van der Waals surface area contributed by atoms with E-state index < -0.39 is 12.5 Å². The lowest BCUT2D eigenvalue weighted by Gasteiger charge is -2.35. The van der Waals surface area contributed by atoms with E-state index >= 15 is 0 Å². The third-order valence-corrected chi connectivity index (χ3v) is 3.93. The minimum Gasteiger partial charge on any atom is -0.377 e. The molecule has 2 fully saturated rings. The van der Waals surface area contributed by atoms with E-state index in [1.165, 1.54) is 0 Å². The molecule has 2 aliphatic rings. The minimum absolute atomic E-state index is 0.0780. The van der Waals surface area contributed by atoms with E-state index in [-0.39, 0.29) is 11.6 Å². The molecule has 2 saturated heterocycles. The molecule has 0 amide bonds. The first-order valence-electron chi connectivity index (χ1n) is 6.22. The molecule has 0 aromatic heterocycles. The van der Waals surface area contributed by atoms with Crippen LogP contribution in [0.25, 0.3) is 0 Å². The Labute approximate surface area is 95.9 Å². The summed E-state index contributed by atoms with van der Waals surface area (Å²) >= 11 is 0. The molecular weight excluding hydrogens is 212 g/mol. The second kappa shape index (κ2) is 4.57. The molecule has 4 heteroatoms. The van der Waals surface area contributed by atoms with Crippen LogP contribution in [-0.4, -0.2) is 42.2 Å². The van der Waals surface area contributed by atoms with Gasteiger partial charge in [-0.25, -0.2) is 8.78 Å². The van der Waals surface area contributed by atoms with Crippen LogP contribution in [0.3, 0.4) is 0 Å². The molecule has 0 radical (unpaired) electrons. The predicted octanol–water partition coefficient (Wildman–Crippen LogP) is 2.67. The summed E-state index contributed by atoms with van der Waals surface area (Å²) in [6.07, 6.45) is 1.52. The van der Waals surface area contributed by atoms with Crippen molar-refractivity contribution in [1.82, 2.24) is 4.90 Å². The lowest BCUT2D eigenvalue weighted by Crippen LogP contribution is -2.48. The van der Waals surface area contributed by atoms with Crippen molar-refractivity contribution in [2.45, 2.75) is 63.6 Å². The minimum atomic E-state index is -2.21. The molecule has 0 N–H and O–H groups in total. The Morgan fingerprint density at radius 1 is 1.38 bits per heavy atom. The third-order valence-electron chi connectivity index (χ3n) is 3.93. The molecule has 0 aliphatic carbocycles. The van der Waals surface area contributed by atoms with Gasteiger partial charge in [0.25, 0.3) is 6.43 Å². The molecule has 2 aliphatic heterocycles. The lowest BCUT2D eigenvalue weighted by atomic mass is 9.95. The number of fused-ring (bicyclic) bond motifs is 1. The highest BCUT2D eigenvalue weighted by atomic mass is 19.3. The number of halogens is 2. The molecule has 0 bridgehead atoms.